The first-order valence-corrected chi connectivity index (χ1v) is 6.69. The standard InChI is InChI=1S/C12H10ClF3O3S/c13-9-2-1-3-10(8(9)4-5-11(17)18)19-6-7-20-12(14,15)16/h1-5H,6-7H2,(H,17,18)/b5-4+. The molecule has 8 heteroatoms. The zero-order valence-electron chi connectivity index (χ0n) is 9.98. The van der Waals surface area contributed by atoms with Crippen molar-refractivity contribution >= 4 is 35.4 Å². The Bertz CT molecular complexity index is 503. The number of hydrogen-bond donors (Lipinski definition) is 1. The van der Waals surface area contributed by atoms with Crippen LogP contribution in [0.2, 0.25) is 5.02 Å². The van der Waals surface area contributed by atoms with E-state index in [-0.39, 0.29) is 34.9 Å². The van der Waals surface area contributed by atoms with Crippen LogP contribution in [0.25, 0.3) is 6.08 Å². The molecule has 0 aliphatic heterocycles. The quantitative estimate of drug-likeness (QED) is 0.632. The molecule has 0 spiro atoms. The average molecular weight is 327 g/mol. The Labute approximate surface area is 122 Å². The van der Waals surface area contributed by atoms with E-state index in [1.165, 1.54) is 18.2 Å². The summed E-state index contributed by atoms with van der Waals surface area (Å²) in [5.41, 5.74) is -3.99. The van der Waals surface area contributed by atoms with Crippen molar-refractivity contribution in [1.29, 1.82) is 0 Å². The largest absolute Gasteiger partial charge is 0.492 e. The number of benzene rings is 1. The zero-order chi connectivity index (χ0) is 15.2. The average Bonchev–Trinajstić information content (AvgIpc) is 2.32. The SMILES string of the molecule is O=C(O)/C=C/c1c(Cl)cccc1OCCSC(F)(F)F. The van der Waals surface area contributed by atoms with Crippen molar-refractivity contribution in [2.75, 3.05) is 12.4 Å². The third-order valence-corrected chi connectivity index (χ3v) is 3.04. The Kier molecular flexibility index (Phi) is 6.22. The summed E-state index contributed by atoms with van der Waals surface area (Å²) >= 11 is 5.70. The monoisotopic (exact) mass is 326 g/mol. The highest BCUT2D eigenvalue weighted by atomic mass is 35.5. The summed E-state index contributed by atoms with van der Waals surface area (Å²) in [7, 11) is 0. The summed E-state index contributed by atoms with van der Waals surface area (Å²) in [5, 5.41) is 8.81. The van der Waals surface area contributed by atoms with Gasteiger partial charge in [-0.15, -0.1) is 0 Å². The van der Waals surface area contributed by atoms with Crippen LogP contribution in [-0.2, 0) is 4.79 Å². The Balaban J connectivity index is 2.70. The van der Waals surface area contributed by atoms with E-state index in [1.54, 1.807) is 6.07 Å². The lowest BCUT2D eigenvalue weighted by Crippen LogP contribution is -2.08. The van der Waals surface area contributed by atoms with Gasteiger partial charge >= 0.3 is 11.5 Å². The van der Waals surface area contributed by atoms with E-state index in [2.05, 4.69) is 0 Å². The maximum Gasteiger partial charge on any atom is 0.441 e. The molecular weight excluding hydrogens is 317 g/mol. The van der Waals surface area contributed by atoms with Gasteiger partial charge in [0.05, 0.1) is 11.6 Å². The molecule has 0 fully saturated rings. The molecule has 0 aromatic heterocycles. The Morgan fingerprint density at radius 3 is 2.75 bits per heavy atom. The number of hydrogen-bond acceptors (Lipinski definition) is 3. The number of rotatable bonds is 6. The molecule has 1 aromatic carbocycles. The molecule has 0 aliphatic carbocycles. The van der Waals surface area contributed by atoms with Gasteiger partial charge in [-0.1, -0.05) is 17.7 Å². The van der Waals surface area contributed by atoms with Gasteiger partial charge in [-0.3, -0.25) is 0 Å². The minimum atomic E-state index is -4.30. The van der Waals surface area contributed by atoms with Crippen molar-refractivity contribution in [3.63, 3.8) is 0 Å². The molecule has 0 saturated carbocycles. The first-order chi connectivity index (χ1) is 9.29. The predicted octanol–water partition coefficient (Wildman–Crippen LogP) is 4.07. The summed E-state index contributed by atoms with van der Waals surface area (Å²) in [5.74, 6) is -1.20. The molecule has 1 aromatic rings. The molecule has 0 heterocycles. The number of carbonyl (C=O) groups is 1. The van der Waals surface area contributed by atoms with Gasteiger partial charge in [-0.05, 0) is 30.0 Å². The molecule has 0 bridgehead atoms. The fourth-order valence-electron chi connectivity index (χ4n) is 1.27. The van der Waals surface area contributed by atoms with Gasteiger partial charge in [0.2, 0.25) is 0 Å². The second kappa shape index (κ2) is 7.44. The first kappa shape index (κ1) is 16.7. The maximum atomic E-state index is 11.9. The molecule has 0 amide bonds. The summed E-state index contributed by atoms with van der Waals surface area (Å²) in [4.78, 5) is 10.5. The number of ether oxygens (including phenoxy) is 1. The van der Waals surface area contributed by atoms with E-state index >= 15 is 0 Å². The third kappa shape index (κ3) is 6.21. The fraction of sp³-hybridized carbons (Fsp3) is 0.250. The van der Waals surface area contributed by atoms with Gasteiger partial charge < -0.3 is 9.84 Å². The maximum absolute atomic E-state index is 11.9. The third-order valence-electron chi connectivity index (χ3n) is 2.01. The molecule has 110 valence electrons. The highest BCUT2D eigenvalue weighted by molar-refractivity contribution is 8.00. The molecule has 1 N–H and O–H groups in total. The van der Waals surface area contributed by atoms with Crippen molar-refractivity contribution in [2.24, 2.45) is 0 Å². The van der Waals surface area contributed by atoms with E-state index < -0.39 is 11.5 Å². The van der Waals surface area contributed by atoms with Crippen LogP contribution < -0.4 is 4.74 Å². The highest BCUT2D eigenvalue weighted by Gasteiger charge is 2.27. The predicted molar refractivity (Wildman–Crippen MR) is 72.1 cm³/mol. The molecule has 0 aliphatic rings. The summed E-state index contributed by atoms with van der Waals surface area (Å²) in [6, 6.07) is 4.60. The van der Waals surface area contributed by atoms with Crippen LogP contribution in [0, 0.1) is 0 Å². The molecule has 0 saturated heterocycles. The molecule has 3 nitrogen and oxygen atoms in total. The van der Waals surface area contributed by atoms with Gasteiger partial charge in [0.15, 0.2) is 0 Å². The van der Waals surface area contributed by atoms with Crippen LogP contribution >= 0.6 is 23.4 Å². The zero-order valence-corrected chi connectivity index (χ0v) is 11.6. The summed E-state index contributed by atoms with van der Waals surface area (Å²) in [6.45, 7) is -0.168. The molecule has 0 radical (unpaired) electrons. The van der Waals surface area contributed by atoms with Gasteiger partial charge in [0.1, 0.15) is 5.75 Å². The van der Waals surface area contributed by atoms with Crippen LogP contribution in [0.4, 0.5) is 13.2 Å². The van der Waals surface area contributed by atoms with Crippen molar-refractivity contribution < 1.29 is 27.8 Å². The van der Waals surface area contributed by atoms with Crippen LogP contribution in [0.15, 0.2) is 24.3 Å². The van der Waals surface area contributed by atoms with Gasteiger partial charge in [0, 0.05) is 17.4 Å². The minimum Gasteiger partial charge on any atom is -0.492 e. The summed E-state index contributed by atoms with van der Waals surface area (Å²) < 4.78 is 41.0. The first-order valence-electron chi connectivity index (χ1n) is 5.32. The highest BCUT2D eigenvalue weighted by Crippen LogP contribution is 2.31. The van der Waals surface area contributed by atoms with Crippen molar-refractivity contribution in [2.45, 2.75) is 5.51 Å². The van der Waals surface area contributed by atoms with E-state index in [0.29, 0.717) is 5.56 Å². The van der Waals surface area contributed by atoms with Crippen LogP contribution in [0.1, 0.15) is 5.56 Å². The second-order valence-corrected chi connectivity index (χ2v) is 5.03. The lowest BCUT2D eigenvalue weighted by molar-refractivity contribution is -0.131. The molecular formula is C12H10ClF3O3S. The Morgan fingerprint density at radius 2 is 2.15 bits per heavy atom. The Morgan fingerprint density at radius 1 is 1.45 bits per heavy atom. The second-order valence-electron chi connectivity index (χ2n) is 3.47. The van der Waals surface area contributed by atoms with Gasteiger partial charge in [-0.25, -0.2) is 4.79 Å². The van der Waals surface area contributed by atoms with Crippen molar-refractivity contribution in [1.82, 2.24) is 0 Å². The van der Waals surface area contributed by atoms with Crippen molar-refractivity contribution in [3.8, 4) is 5.75 Å². The Hall–Kier alpha value is -1.34. The topological polar surface area (TPSA) is 46.5 Å². The van der Waals surface area contributed by atoms with Crippen molar-refractivity contribution in [3.05, 3.63) is 34.9 Å². The number of thioether (sulfide) groups is 1. The molecule has 0 unspecified atom stereocenters. The molecule has 0 atom stereocenters. The minimum absolute atomic E-state index is 0.168. The van der Waals surface area contributed by atoms with Crippen LogP contribution in [0.3, 0.4) is 0 Å². The van der Waals surface area contributed by atoms with E-state index in [4.69, 9.17) is 21.4 Å². The smallest absolute Gasteiger partial charge is 0.441 e. The lowest BCUT2D eigenvalue weighted by Gasteiger charge is -2.11. The van der Waals surface area contributed by atoms with E-state index in [9.17, 15) is 18.0 Å². The number of halogens is 4. The number of carboxylic acid groups (broad SMARTS) is 1. The van der Waals surface area contributed by atoms with Gasteiger partial charge in [0.25, 0.3) is 0 Å². The molecule has 20 heavy (non-hydrogen) atoms. The van der Waals surface area contributed by atoms with E-state index in [1.807, 2.05) is 0 Å². The number of alkyl halides is 3. The fourth-order valence-corrected chi connectivity index (χ4v) is 1.90. The van der Waals surface area contributed by atoms with Crippen LogP contribution in [-0.4, -0.2) is 28.9 Å². The van der Waals surface area contributed by atoms with Gasteiger partial charge in [-0.2, -0.15) is 13.2 Å². The summed E-state index contributed by atoms with van der Waals surface area (Å²) in [6.07, 6.45) is 2.11. The number of aliphatic carboxylic acids is 1. The lowest BCUT2D eigenvalue weighted by atomic mass is 10.2. The normalized spacial score (nSPS) is 11.8. The number of carboxylic acids is 1. The van der Waals surface area contributed by atoms with Crippen LogP contribution in [0.5, 0.6) is 5.75 Å². The molecule has 1 rings (SSSR count). The van der Waals surface area contributed by atoms with E-state index in [0.717, 1.165) is 6.08 Å².